The van der Waals surface area contributed by atoms with Gasteiger partial charge >= 0.3 is 11.8 Å². The number of piperidine rings is 1. The van der Waals surface area contributed by atoms with E-state index in [0.29, 0.717) is 12.4 Å². The number of carbonyl (C=O) groups is 2. The van der Waals surface area contributed by atoms with Crippen LogP contribution in [-0.4, -0.2) is 65.9 Å². The van der Waals surface area contributed by atoms with E-state index in [0.717, 1.165) is 51.7 Å². The fourth-order valence-electron chi connectivity index (χ4n) is 3.46. The molecule has 0 saturated carbocycles. The minimum Gasteiger partial charge on any atom is -0.383 e. The second-order valence-corrected chi connectivity index (χ2v) is 7.05. The number of hydrogen-bond donors (Lipinski definition) is 2. The Labute approximate surface area is 161 Å². The van der Waals surface area contributed by atoms with E-state index in [4.69, 9.17) is 4.74 Å². The van der Waals surface area contributed by atoms with E-state index in [1.807, 2.05) is 4.68 Å². The molecule has 2 amide bonds. The topological polar surface area (TPSA) is 88.5 Å². The van der Waals surface area contributed by atoms with Crippen LogP contribution in [0.5, 0.6) is 0 Å². The minimum absolute atomic E-state index is 0.156. The summed E-state index contributed by atoms with van der Waals surface area (Å²) in [5, 5.41) is 9.84. The van der Waals surface area contributed by atoms with Crippen LogP contribution in [0.25, 0.3) is 0 Å². The molecular formula is C19H33N5O3. The summed E-state index contributed by atoms with van der Waals surface area (Å²) >= 11 is 0. The molecule has 152 valence electrons. The molecule has 0 spiro atoms. The van der Waals surface area contributed by atoms with E-state index >= 15 is 0 Å². The van der Waals surface area contributed by atoms with Gasteiger partial charge in [-0.15, -0.1) is 0 Å². The van der Waals surface area contributed by atoms with Crippen molar-refractivity contribution >= 4 is 17.6 Å². The first-order valence-corrected chi connectivity index (χ1v) is 9.95. The lowest BCUT2D eigenvalue weighted by atomic mass is 10.1. The first-order chi connectivity index (χ1) is 13.1. The fraction of sp³-hybridized carbons (Fsp3) is 0.737. The van der Waals surface area contributed by atoms with Crippen LogP contribution >= 0.6 is 0 Å². The zero-order valence-electron chi connectivity index (χ0n) is 16.7. The molecule has 8 nitrogen and oxygen atoms in total. The molecule has 1 aliphatic heterocycles. The largest absolute Gasteiger partial charge is 0.383 e. The highest BCUT2D eigenvalue weighted by atomic mass is 16.5. The molecule has 1 aliphatic rings. The molecule has 2 heterocycles. The Morgan fingerprint density at radius 2 is 2.04 bits per heavy atom. The van der Waals surface area contributed by atoms with Crippen LogP contribution in [0.2, 0.25) is 0 Å². The Bertz CT molecular complexity index is 596. The number of amides is 2. The summed E-state index contributed by atoms with van der Waals surface area (Å²) in [6.45, 7) is 7.74. The lowest BCUT2D eigenvalue weighted by molar-refractivity contribution is -0.136. The van der Waals surface area contributed by atoms with Gasteiger partial charge in [0.15, 0.2) is 0 Å². The predicted octanol–water partition coefficient (Wildman–Crippen LogP) is 1.80. The van der Waals surface area contributed by atoms with Crippen molar-refractivity contribution in [1.29, 1.82) is 0 Å². The van der Waals surface area contributed by atoms with Gasteiger partial charge in [0.05, 0.1) is 24.9 Å². The first-order valence-electron chi connectivity index (χ1n) is 9.95. The third-order valence-corrected chi connectivity index (χ3v) is 5.08. The zero-order valence-corrected chi connectivity index (χ0v) is 16.7. The lowest BCUT2D eigenvalue weighted by Crippen LogP contribution is -2.44. The van der Waals surface area contributed by atoms with E-state index in [2.05, 4.69) is 34.5 Å². The van der Waals surface area contributed by atoms with Gasteiger partial charge in [0.25, 0.3) is 0 Å². The van der Waals surface area contributed by atoms with Crippen LogP contribution in [-0.2, 0) is 14.3 Å². The summed E-state index contributed by atoms with van der Waals surface area (Å²) in [5.41, 5.74) is 0. The summed E-state index contributed by atoms with van der Waals surface area (Å²) in [7, 11) is 1.59. The van der Waals surface area contributed by atoms with E-state index in [-0.39, 0.29) is 12.1 Å². The molecule has 2 N–H and O–H groups in total. The van der Waals surface area contributed by atoms with Crippen LogP contribution in [0, 0.1) is 0 Å². The van der Waals surface area contributed by atoms with Crippen molar-refractivity contribution in [2.24, 2.45) is 0 Å². The number of rotatable bonds is 9. The maximum absolute atomic E-state index is 12.3. The van der Waals surface area contributed by atoms with Crippen molar-refractivity contribution in [2.75, 3.05) is 38.7 Å². The van der Waals surface area contributed by atoms with E-state index in [1.165, 1.54) is 0 Å². The Morgan fingerprint density at radius 1 is 1.30 bits per heavy atom. The summed E-state index contributed by atoms with van der Waals surface area (Å²) < 4.78 is 6.97. The standard InChI is InChI=1S/C19H33N5O3/c1-4-6-7-15(14-27-3)21-18(25)19(26)22-17-8-11-20-24(17)16-9-12-23(5-2)13-10-16/h8,11,15-16H,4-7,9-10,12-14H2,1-3H3,(H,21,25)(H,22,26). The molecule has 1 saturated heterocycles. The molecule has 1 aromatic rings. The van der Waals surface area contributed by atoms with Gasteiger partial charge in [-0.1, -0.05) is 26.7 Å². The average molecular weight is 380 g/mol. The minimum atomic E-state index is -0.666. The third kappa shape index (κ3) is 6.32. The highest BCUT2D eigenvalue weighted by Gasteiger charge is 2.24. The zero-order chi connectivity index (χ0) is 19.6. The Morgan fingerprint density at radius 3 is 2.67 bits per heavy atom. The maximum Gasteiger partial charge on any atom is 0.314 e. The van der Waals surface area contributed by atoms with Gasteiger partial charge < -0.3 is 20.3 Å². The number of hydrogen-bond acceptors (Lipinski definition) is 5. The average Bonchev–Trinajstić information content (AvgIpc) is 3.14. The van der Waals surface area contributed by atoms with Crippen LogP contribution in [0.15, 0.2) is 12.3 Å². The Kier molecular flexibility index (Phi) is 8.74. The number of nitrogens with zero attached hydrogens (tertiary/aromatic N) is 3. The van der Waals surface area contributed by atoms with Crippen molar-refractivity contribution in [3.05, 3.63) is 12.3 Å². The summed E-state index contributed by atoms with van der Waals surface area (Å²) in [6, 6.07) is 1.82. The number of ether oxygens (including phenoxy) is 1. The molecule has 1 fully saturated rings. The molecule has 8 heteroatoms. The molecular weight excluding hydrogens is 346 g/mol. The second-order valence-electron chi connectivity index (χ2n) is 7.05. The second kappa shape index (κ2) is 11.0. The van der Waals surface area contributed by atoms with Crippen molar-refractivity contribution in [2.45, 2.75) is 58.0 Å². The normalized spacial score (nSPS) is 16.9. The number of methoxy groups -OCH3 is 1. The van der Waals surface area contributed by atoms with Crippen molar-refractivity contribution in [3.8, 4) is 0 Å². The fourth-order valence-corrected chi connectivity index (χ4v) is 3.46. The van der Waals surface area contributed by atoms with Crippen molar-refractivity contribution in [3.63, 3.8) is 0 Å². The van der Waals surface area contributed by atoms with Gasteiger partial charge in [-0.3, -0.25) is 9.59 Å². The highest BCUT2D eigenvalue weighted by Crippen LogP contribution is 2.25. The molecule has 1 aromatic heterocycles. The molecule has 2 rings (SSSR count). The SMILES string of the molecule is CCCCC(COC)NC(=O)C(=O)Nc1ccnn1C1CCN(CC)CC1. The number of likely N-dealkylation sites (tertiary alicyclic amines) is 1. The van der Waals surface area contributed by atoms with Gasteiger partial charge in [-0.25, -0.2) is 4.68 Å². The lowest BCUT2D eigenvalue weighted by Gasteiger charge is -2.31. The van der Waals surface area contributed by atoms with Crippen LogP contribution in [0.1, 0.15) is 52.0 Å². The van der Waals surface area contributed by atoms with Gasteiger partial charge in [-0.2, -0.15) is 5.10 Å². The maximum atomic E-state index is 12.3. The van der Waals surface area contributed by atoms with E-state index in [1.54, 1.807) is 19.4 Å². The molecule has 0 radical (unpaired) electrons. The van der Waals surface area contributed by atoms with Gasteiger partial charge in [0, 0.05) is 26.3 Å². The molecule has 1 unspecified atom stereocenters. The molecule has 0 bridgehead atoms. The van der Waals surface area contributed by atoms with Gasteiger partial charge in [0.2, 0.25) is 0 Å². The van der Waals surface area contributed by atoms with Crippen molar-refractivity contribution < 1.29 is 14.3 Å². The van der Waals surface area contributed by atoms with Crippen LogP contribution in [0.4, 0.5) is 5.82 Å². The van der Waals surface area contributed by atoms with E-state index in [9.17, 15) is 9.59 Å². The molecule has 0 aliphatic carbocycles. The summed E-state index contributed by atoms with van der Waals surface area (Å²) in [4.78, 5) is 27.0. The van der Waals surface area contributed by atoms with Gasteiger partial charge in [0.1, 0.15) is 5.82 Å². The number of carbonyl (C=O) groups excluding carboxylic acids is 2. The van der Waals surface area contributed by atoms with Gasteiger partial charge in [-0.05, 0) is 25.8 Å². The third-order valence-electron chi connectivity index (χ3n) is 5.08. The monoisotopic (exact) mass is 379 g/mol. The Balaban J connectivity index is 1.92. The quantitative estimate of drug-likeness (QED) is 0.639. The highest BCUT2D eigenvalue weighted by molar-refractivity contribution is 6.39. The van der Waals surface area contributed by atoms with Crippen LogP contribution in [0.3, 0.4) is 0 Å². The van der Waals surface area contributed by atoms with Crippen LogP contribution < -0.4 is 10.6 Å². The summed E-state index contributed by atoms with van der Waals surface area (Å²) in [5.74, 6) is -0.732. The number of aromatic nitrogens is 2. The Hall–Kier alpha value is -1.93. The van der Waals surface area contributed by atoms with E-state index < -0.39 is 11.8 Å². The number of nitrogens with one attached hydrogen (secondary N) is 2. The molecule has 1 atom stereocenters. The first kappa shape index (κ1) is 21.4. The summed E-state index contributed by atoms with van der Waals surface area (Å²) in [6.07, 6.45) is 6.42. The molecule has 27 heavy (non-hydrogen) atoms. The number of unbranched alkanes of at least 4 members (excludes halogenated alkanes) is 1. The number of anilines is 1. The smallest absolute Gasteiger partial charge is 0.314 e. The molecule has 0 aromatic carbocycles. The predicted molar refractivity (Wildman–Crippen MR) is 105 cm³/mol. The van der Waals surface area contributed by atoms with Crippen molar-refractivity contribution in [1.82, 2.24) is 20.0 Å².